The van der Waals surface area contributed by atoms with Crippen molar-refractivity contribution < 1.29 is 34.4 Å². The predicted molar refractivity (Wildman–Crippen MR) is 52.7 cm³/mol. The minimum absolute atomic E-state index is 0.826. The van der Waals surface area contributed by atoms with E-state index < -0.39 is 7.81 Å². The van der Waals surface area contributed by atoms with Gasteiger partial charge in [-0.15, -0.1) is 0 Å². The molecule has 0 aromatic heterocycles. The number of rotatable bonds is 4. The van der Waals surface area contributed by atoms with Gasteiger partial charge in [0, 0.05) is 7.11 Å². The fraction of sp³-hybridized carbons (Fsp3) is 1.00. The molecule has 0 aliphatic heterocycles. The third-order valence-corrected chi connectivity index (χ3v) is 1.97. The fourth-order valence-electron chi connectivity index (χ4n) is 0.718. The SMILES string of the molecule is CC[N+](C)(CC)COC.F[P-](F)(F)(F)(F)F. The van der Waals surface area contributed by atoms with Crippen molar-refractivity contribution in [2.75, 3.05) is 34.0 Å². The average molecular weight is 277 g/mol. The number of ether oxygens (including phenoxy) is 1. The minimum atomic E-state index is -10.7. The Morgan fingerprint density at radius 2 is 1.19 bits per heavy atom. The van der Waals surface area contributed by atoms with Gasteiger partial charge in [-0.1, -0.05) is 0 Å². The van der Waals surface area contributed by atoms with Gasteiger partial charge >= 0.3 is 33.0 Å². The number of halogens is 6. The zero-order valence-electron chi connectivity index (χ0n) is 9.69. The molecule has 0 rings (SSSR count). The Bertz CT molecular complexity index is 196. The molecule has 0 amide bonds. The summed E-state index contributed by atoms with van der Waals surface area (Å²) in [5.74, 6) is 0. The number of methoxy groups -OCH3 is 1. The quantitative estimate of drug-likeness (QED) is 0.319. The standard InChI is InChI=1S/C7H18NO.F6P/c1-5-8(3,6-2)7-9-4;1-7(2,3,4,5)6/h5-7H2,1-4H3;/q+1;-1. The molecule has 0 fully saturated rings. The second-order valence-corrected chi connectivity index (χ2v) is 5.54. The molecule has 0 saturated carbocycles. The fourth-order valence-corrected chi connectivity index (χ4v) is 0.718. The van der Waals surface area contributed by atoms with Gasteiger partial charge in [0.2, 0.25) is 0 Å². The Morgan fingerprint density at radius 1 is 0.938 bits per heavy atom. The summed E-state index contributed by atoms with van der Waals surface area (Å²) in [6.07, 6.45) is 0. The van der Waals surface area contributed by atoms with E-state index in [1.54, 1.807) is 7.11 Å². The number of quaternary nitrogens is 1. The first-order chi connectivity index (χ1) is 6.63. The summed E-state index contributed by atoms with van der Waals surface area (Å²) in [4.78, 5) is 0. The van der Waals surface area contributed by atoms with E-state index >= 15 is 0 Å². The van der Waals surface area contributed by atoms with Crippen LogP contribution in [0, 0.1) is 0 Å². The van der Waals surface area contributed by atoms with Crippen LogP contribution >= 0.6 is 7.81 Å². The van der Waals surface area contributed by atoms with E-state index in [4.69, 9.17) is 4.74 Å². The van der Waals surface area contributed by atoms with E-state index in [2.05, 4.69) is 20.9 Å². The van der Waals surface area contributed by atoms with Crippen molar-refractivity contribution in [3.63, 3.8) is 0 Å². The number of hydrogen-bond donors (Lipinski definition) is 0. The Hall–Kier alpha value is -0.0700. The van der Waals surface area contributed by atoms with Gasteiger partial charge in [-0.05, 0) is 13.8 Å². The summed E-state index contributed by atoms with van der Waals surface area (Å²) in [6, 6.07) is 0. The molecule has 0 aliphatic carbocycles. The molecule has 2 nitrogen and oxygen atoms in total. The summed E-state index contributed by atoms with van der Waals surface area (Å²) in [5.41, 5.74) is 0. The van der Waals surface area contributed by atoms with Crippen LogP contribution < -0.4 is 0 Å². The molecule has 0 spiro atoms. The normalized spacial score (nSPS) is 16.9. The van der Waals surface area contributed by atoms with Crippen LogP contribution in [0.1, 0.15) is 13.8 Å². The van der Waals surface area contributed by atoms with E-state index in [9.17, 15) is 25.2 Å². The van der Waals surface area contributed by atoms with Crippen molar-refractivity contribution in [3.8, 4) is 0 Å². The number of nitrogens with zero attached hydrogens (tertiary/aromatic N) is 1. The van der Waals surface area contributed by atoms with Crippen molar-refractivity contribution >= 4 is 7.81 Å². The molecule has 0 radical (unpaired) electrons. The molecule has 0 aromatic rings. The summed E-state index contributed by atoms with van der Waals surface area (Å²) in [5, 5.41) is 0. The first-order valence-electron chi connectivity index (χ1n) is 4.52. The van der Waals surface area contributed by atoms with Crippen LogP contribution in [0.4, 0.5) is 25.2 Å². The molecule has 0 aromatic carbocycles. The second kappa shape index (κ2) is 4.66. The Labute approximate surface area is 91.0 Å². The van der Waals surface area contributed by atoms with Crippen molar-refractivity contribution in [2.45, 2.75) is 13.8 Å². The van der Waals surface area contributed by atoms with Crippen molar-refractivity contribution in [1.82, 2.24) is 0 Å². The third-order valence-electron chi connectivity index (χ3n) is 1.97. The molecule has 0 atom stereocenters. The Balaban J connectivity index is 0. The third kappa shape index (κ3) is 23.6. The van der Waals surface area contributed by atoms with Gasteiger partial charge in [0.1, 0.15) is 0 Å². The van der Waals surface area contributed by atoms with Crippen molar-refractivity contribution in [2.24, 2.45) is 0 Å². The Morgan fingerprint density at radius 3 is 1.25 bits per heavy atom. The molecule has 16 heavy (non-hydrogen) atoms. The zero-order valence-corrected chi connectivity index (χ0v) is 10.6. The molecule has 0 N–H and O–H groups in total. The van der Waals surface area contributed by atoms with Gasteiger partial charge < -0.3 is 9.22 Å². The van der Waals surface area contributed by atoms with E-state index in [-0.39, 0.29) is 0 Å². The van der Waals surface area contributed by atoms with E-state index in [0.717, 1.165) is 24.3 Å². The summed E-state index contributed by atoms with van der Waals surface area (Å²) < 4.78 is 65.3. The van der Waals surface area contributed by atoms with Crippen molar-refractivity contribution in [3.05, 3.63) is 0 Å². The topological polar surface area (TPSA) is 9.23 Å². The first kappa shape index (κ1) is 18.3. The molecule has 0 unspecified atom stereocenters. The van der Waals surface area contributed by atoms with Gasteiger partial charge in [0.25, 0.3) is 0 Å². The molecule has 0 aliphatic rings. The number of hydrogen-bond acceptors (Lipinski definition) is 1. The van der Waals surface area contributed by atoms with Crippen LogP contribution in [0.2, 0.25) is 0 Å². The van der Waals surface area contributed by atoms with Gasteiger partial charge in [0.15, 0.2) is 6.73 Å². The molecular formula is C7H18F6NOP. The average Bonchev–Trinajstić information content (AvgIpc) is 1.99. The van der Waals surface area contributed by atoms with Crippen molar-refractivity contribution in [1.29, 1.82) is 0 Å². The van der Waals surface area contributed by atoms with Gasteiger partial charge in [-0.3, -0.25) is 0 Å². The maximum absolute atomic E-state index is 10.7. The molecular weight excluding hydrogens is 259 g/mol. The second-order valence-electron chi connectivity index (χ2n) is 3.63. The van der Waals surface area contributed by atoms with E-state index in [1.807, 2.05) is 0 Å². The van der Waals surface area contributed by atoms with Crippen LogP contribution in [0.5, 0.6) is 0 Å². The van der Waals surface area contributed by atoms with E-state index in [1.165, 1.54) is 0 Å². The van der Waals surface area contributed by atoms with Crippen LogP contribution in [0.25, 0.3) is 0 Å². The summed E-state index contributed by atoms with van der Waals surface area (Å²) in [7, 11) is -6.71. The molecule has 0 bridgehead atoms. The van der Waals surface area contributed by atoms with Gasteiger partial charge in [-0.25, -0.2) is 0 Å². The first-order valence-corrected chi connectivity index (χ1v) is 6.55. The van der Waals surface area contributed by atoms with Gasteiger partial charge in [0.05, 0.1) is 20.1 Å². The molecule has 0 saturated heterocycles. The van der Waals surface area contributed by atoms with Crippen LogP contribution in [-0.4, -0.2) is 38.5 Å². The molecule has 0 heterocycles. The Kier molecular flexibility index (Phi) is 5.33. The molecule has 104 valence electrons. The summed E-state index contributed by atoms with van der Waals surface area (Å²) in [6.45, 7) is 7.48. The zero-order chi connectivity index (χ0) is 13.7. The van der Waals surface area contributed by atoms with Gasteiger partial charge in [-0.2, -0.15) is 0 Å². The van der Waals surface area contributed by atoms with Crippen LogP contribution in [0.3, 0.4) is 0 Å². The predicted octanol–water partition coefficient (Wildman–Crippen LogP) is 4.46. The monoisotopic (exact) mass is 277 g/mol. The van der Waals surface area contributed by atoms with Crippen LogP contribution in [-0.2, 0) is 4.74 Å². The van der Waals surface area contributed by atoms with Crippen LogP contribution in [0.15, 0.2) is 0 Å². The maximum atomic E-state index is 9.87. The van der Waals surface area contributed by atoms with E-state index in [0.29, 0.717) is 0 Å². The summed E-state index contributed by atoms with van der Waals surface area (Å²) >= 11 is 0. The molecule has 9 heteroatoms.